The number of para-hydroxylation sites is 1. The van der Waals surface area contributed by atoms with Crippen LogP contribution in [0.15, 0.2) is 48.5 Å². The minimum atomic E-state index is -0.223. The van der Waals surface area contributed by atoms with Gasteiger partial charge in [0.1, 0.15) is 5.75 Å². The summed E-state index contributed by atoms with van der Waals surface area (Å²) in [5.74, 6) is 0.812. The molecule has 4 nitrogen and oxygen atoms in total. The smallest absolute Gasteiger partial charge is 0.258 e. The number of nitrogens with one attached hydrogen (secondary N) is 1. The van der Waals surface area contributed by atoms with Gasteiger partial charge < -0.3 is 10.1 Å². The van der Waals surface area contributed by atoms with Crippen molar-refractivity contribution in [1.29, 1.82) is 0 Å². The summed E-state index contributed by atoms with van der Waals surface area (Å²) in [5, 5.41) is 2.91. The third-order valence-electron chi connectivity index (χ3n) is 3.91. The van der Waals surface area contributed by atoms with Crippen molar-refractivity contribution < 1.29 is 14.3 Å². The molecular formula is C21H25NO3. The highest BCUT2D eigenvalue weighted by atomic mass is 16.5. The summed E-state index contributed by atoms with van der Waals surface area (Å²) in [6.07, 6.45) is 1.76. The second-order valence-corrected chi connectivity index (χ2v) is 6.57. The summed E-state index contributed by atoms with van der Waals surface area (Å²) < 4.78 is 5.45. The molecular weight excluding hydrogens is 314 g/mol. The predicted molar refractivity (Wildman–Crippen MR) is 98.9 cm³/mol. The zero-order valence-corrected chi connectivity index (χ0v) is 15.0. The van der Waals surface area contributed by atoms with E-state index in [-0.39, 0.29) is 18.6 Å². The maximum absolute atomic E-state index is 12.1. The van der Waals surface area contributed by atoms with Crippen molar-refractivity contribution in [2.75, 3.05) is 6.61 Å². The van der Waals surface area contributed by atoms with Crippen molar-refractivity contribution in [3.05, 3.63) is 65.2 Å². The highest BCUT2D eigenvalue weighted by Gasteiger charge is 2.11. The van der Waals surface area contributed by atoms with Crippen LogP contribution in [0.1, 0.15) is 48.3 Å². The Labute approximate surface area is 149 Å². The van der Waals surface area contributed by atoms with Crippen LogP contribution < -0.4 is 10.1 Å². The van der Waals surface area contributed by atoms with E-state index in [1.165, 1.54) is 5.56 Å². The highest BCUT2D eigenvalue weighted by molar-refractivity contribution is 5.81. The third kappa shape index (κ3) is 5.75. The molecule has 25 heavy (non-hydrogen) atoms. The zero-order chi connectivity index (χ0) is 18.2. The number of ether oxygens (including phenoxy) is 1. The Kier molecular flexibility index (Phi) is 6.75. The number of carbonyl (C=O) groups excluding carboxylic acids is 2. The van der Waals surface area contributed by atoms with Crippen molar-refractivity contribution in [3.63, 3.8) is 0 Å². The largest absolute Gasteiger partial charge is 0.483 e. The first-order valence-electron chi connectivity index (χ1n) is 8.54. The molecule has 0 aliphatic heterocycles. The zero-order valence-electron chi connectivity index (χ0n) is 15.0. The maximum Gasteiger partial charge on any atom is 0.258 e. The van der Waals surface area contributed by atoms with Crippen LogP contribution in [0.3, 0.4) is 0 Å². The fourth-order valence-corrected chi connectivity index (χ4v) is 2.63. The maximum atomic E-state index is 12.1. The van der Waals surface area contributed by atoms with Crippen molar-refractivity contribution in [3.8, 4) is 5.75 Å². The summed E-state index contributed by atoms with van der Waals surface area (Å²) in [6.45, 7) is 6.20. The molecule has 1 atom stereocenters. The quantitative estimate of drug-likeness (QED) is 0.741. The summed E-state index contributed by atoms with van der Waals surface area (Å²) >= 11 is 0. The van der Waals surface area contributed by atoms with Crippen LogP contribution in [0.4, 0.5) is 0 Å². The lowest BCUT2D eigenvalue weighted by atomic mass is 10.00. The fourth-order valence-electron chi connectivity index (χ4n) is 2.63. The minimum absolute atomic E-state index is 0.106. The number of amides is 1. The second-order valence-electron chi connectivity index (χ2n) is 6.57. The first-order chi connectivity index (χ1) is 12.0. The molecule has 0 heterocycles. The molecule has 0 saturated heterocycles. The van der Waals surface area contributed by atoms with Crippen molar-refractivity contribution in [1.82, 2.24) is 5.32 Å². The van der Waals surface area contributed by atoms with Gasteiger partial charge in [-0.3, -0.25) is 9.59 Å². The molecule has 4 heteroatoms. The minimum Gasteiger partial charge on any atom is -0.483 e. The molecule has 0 spiro atoms. The second kappa shape index (κ2) is 9.02. The van der Waals surface area contributed by atoms with Gasteiger partial charge in [0.05, 0.1) is 11.6 Å². The summed E-state index contributed by atoms with van der Waals surface area (Å²) in [6, 6.07) is 15.0. The normalized spacial score (nSPS) is 11.8. The van der Waals surface area contributed by atoms with E-state index in [1.54, 1.807) is 24.3 Å². The highest BCUT2D eigenvalue weighted by Crippen LogP contribution is 2.17. The standard InChI is InChI=1S/C21H25NO3/c1-15(2)12-17-8-10-18(11-9-17)16(3)22-21(24)14-25-20-7-5-4-6-19(20)13-23/h4-11,13,15-16H,12,14H2,1-3H3,(H,22,24). The molecule has 0 saturated carbocycles. The van der Waals surface area contributed by atoms with Gasteiger partial charge in [-0.2, -0.15) is 0 Å². The van der Waals surface area contributed by atoms with E-state index in [2.05, 4.69) is 31.3 Å². The Morgan fingerprint density at radius 3 is 2.40 bits per heavy atom. The number of benzene rings is 2. The number of carbonyl (C=O) groups is 2. The van der Waals surface area contributed by atoms with E-state index in [0.717, 1.165) is 12.0 Å². The van der Waals surface area contributed by atoms with Crippen LogP contribution in [0.2, 0.25) is 0 Å². The fraction of sp³-hybridized carbons (Fsp3) is 0.333. The van der Waals surface area contributed by atoms with E-state index in [9.17, 15) is 9.59 Å². The molecule has 1 unspecified atom stereocenters. The van der Waals surface area contributed by atoms with Gasteiger partial charge in [0.15, 0.2) is 12.9 Å². The van der Waals surface area contributed by atoms with Gasteiger partial charge in [-0.1, -0.05) is 50.2 Å². The molecule has 2 aromatic rings. The van der Waals surface area contributed by atoms with Crippen molar-refractivity contribution in [2.24, 2.45) is 5.92 Å². The number of hydrogen-bond donors (Lipinski definition) is 1. The molecule has 2 rings (SSSR count). The van der Waals surface area contributed by atoms with Crippen LogP contribution in [-0.2, 0) is 11.2 Å². The van der Waals surface area contributed by atoms with Crippen LogP contribution in [0.5, 0.6) is 5.75 Å². The molecule has 132 valence electrons. The van der Waals surface area contributed by atoms with Crippen molar-refractivity contribution >= 4 is 12.2 Å². The van der Waals surface area contributed by atoms with Gasteiger partial charge in [-0.05, 0) is 42.5 Å². The van der Waals surface area contributed by atoms with Crippen LogP contribution in [0.25, 0.3) is 0 Å². The average molecular weight is 339 g/mol. The summed E-state index contributed by atoms with van der Waals surface area (Å²) in [7, 11) is 0. The molecule has 0 radical (unpaired) electrons. The Bertz CT molecular complexity index is 707. The number of aldehydes is 1. The summed E-state index contributed by atoms with van der Waals surface area (Å²) in [4.78, 5) is 23.0. The van der Waals surface area contributed by atoms with Crippen LogP contribution >= 0.6 is 0 Å². The van der Waals surface area contributed by atoms with E-state index >= 15 is 0 Å². The predicted octanol–water partition coefficient (Wildman–Crippen LogP) is 3.95. The van der Waals surface area contributed by atoms with Gasteiger partial charge >= 0.3 is 0 Å². The first-order valence-corrected chi connectivity index (χ1v) is 8.54. The summed E-state index contributed by atoms with van der Waals surface area (Å²) in [5.41, 5.74) is 2.78. The van der Waals surface area contributed by atoms with Gasteiger partial charge in [0, 0.05) is 0 Å². The van der Waals surface area contributed by atoms with Crippen molar-refractivity contribution in [2.45, 2.75) is 33.2 Å². The Morgan fingerprint density at radius 1 is 1.08 bits per heavy atom. The molecule has 0 aromatic heterocycles. The lowest BCUT2D eigenvalue weighted by Crippen LogP contribution is -2.31. The van der Waals surface area contributed by atoms with E-state index in [0.29, 0.717) is 23.5 Å². The van der Waals surface area contributed by atoms with E-state index < -0.39 is 0 Å². The van der Waals surface area contributed by atoms with E-state index in [4.69, 9.17) is 4.74 Å². The first kappa shape index (κ1) is 18.7. The molecule has 2 aromatic carbocycles. The molecule has 0 aliphatic rings. The Hall–Kier alpha value is -2.62. The van der Waals surface area contributed by atoms with Gasteiger partial charge in [0.2, 0.25) is 0 Å². The van der Waals surface area contributed by atoms with Gasteiger partial charge in [0.25, 0.3) is 5.91 Å². The molecule has 0 fully saturated rings. The van der Waals surface area contributed by atoms with Crippen LogP contribution in [-0.4, -0.2) is 18.8 Å². The lowest BCUT2D eigenvalue weighted by Gasteiger charge is -2.16. The number of hydrogen-bond acceptors (Lipinski definition) is 3. The molecule has 1 amide bonds. The SMILES string of the molecule is CC(C)Cc1ccc(C(C)NC(=O)COc2ccccc2C=O)cc1. The Balaban J connectivity index is 1.88. The molecule has 1 N–H and O–H groups in total. The lowest BCUT2D eigenvalue weighted by molar-refractivity contribution is -0.123. The Morgan fingerprint density at radius 2 is 1.76 bits per heavy atom. The molecule has 0 bridgehead atoms. The van der Waals surface area contributed by atoms with Gasteiger partial charge in [-0.25, -0.2) is 0 Å². The van der Waals surface area contributed by atoms with Gasteiger partial charge in [-0.15, -0.1) is 0 Å². The topological polar surface area (TPSA) is 55.4 Å². The average Bonchev–Trinajstić information content (AvgIpc) is 2.60. The monoisotopic (exact) mass is 339 g/mol. The third-order valence-corrected chi connectivity index (χ3v) is 3.91. The van der Waals surface area contributed by atoms with Crippen LogP contribution in [0, 0.1) is 5.92 Å². The van der Waals surface area contributed by atoms with E-state index in [1.807, 2.05) is 19.1 Å². The number of rotatable bonds is 8. The molecule has 0 aliphatic carbocycles.